The highest BCUT2D eigenvalue weighted by atomic mass is 35.5. The Morgan fingerprint density at radius 2 is 1.66 bits per heavy atom. The lowest BCUT2D eigenvalue weighted by Gasteiger charge is -2.30. The molecule has 12 nitrogen and oxygen atoms in total. The molecule has 0 bridgehead atoms. The van der Waals surface area contributed by atoms with Crippen LogP contribution in [0.4, 0.5) is 4.79 Å². The van der Waals surface area contributed by atoms with E-state index in [0.29, 0.717) is 12.8 Å². The quantitative estimate of drug-likeness (QED) is 0.0399. The second-order valence-corrected chi connectivity index (χ2v) is 12.0. The molecule has 1 rings (SSSR count). The number of primary amides is 1. The fourth-order valence-electron chi connectivity index (χ4n) is 4.46. The summed E-state index contributed by atoms with van der Waals surface area (Å²) in [6, 6.07) is 0. The number of halogens is 2. The van der Waals surface area contributed by atoms with E-state index >= 15 is 0 Å². The van der Waals surface area contributed by atoms with E-state index in [1.165, 1.54) is 31.2 Å². The molecule has 9 atom stereocenters. The topological polar surface area (TPSA) is 214 Å². The van der Waals surface area contributed by atoms with Gasteiger partial charge in [0.1, 0.15) is 23.7 Å². The summed E-state index contributed by atoms with van der Waals surface area (Å²) in [5, 5.41) is 49.4. The minimum atomic E-state index is -1.89. The number of aliphatic hydroxyl groups excluding tert-OH is 4. The number of ketones is 1. The molecule has 7 N–H and O–H groups in total. The van der Waals surface area contributed by atoms with Crippen LogP contribution in [-0.2, 0) is 23.9 Å². The van der Waals surface area contributed by atoms with Crippen molar-refractivity contribution in [2.45, 2.75) is 94.9 Å². The first kappa shape index (κ1) is 41.8. The van der Waals surface area contributed by atoms with Crippen molar-refractivity contribution in [1.82, 2.24) is 0 Å². The van der Waals surface area contributed by atoms with Crippen LogP contribution in [0.5, 0.6) is 0 Å². The third-order valence-corrected chi connectivity index (χ3v) is 8.32. The van der Waals surface area contributed by atoms with Crippen LogP contribution in [0.1, 0.15) is 52.9 Å². The number of carbonyl (C=O) groups excluding carboxylic acids is 3. The van der Waals surface area contributed by atoms with Gasteiger partial charge in [0.2, 0.25) is 0 Å². The molecule has 0 radical (unpaired) electrons. The lowest BCUT2D eigenvalue weighted by Crippen LogP contribution is -2.43. The molecule has 0 spiro atoms. The average Bonchev–Trinajstić information content (AvgIpc) is 3.02. The molecule has 47 heavy (non-hydrogen) atoms. The molecule has 262 valence electrons. The summed E-state index contributed by atoms with van der Waals surface area (Å²) >= 11 is 12.5. The zero-order valence-electron chi connectivity index (χ0n) is 26.5. The van der Waals surface area contributed by atoms with Crippen LogP contribution in [0.25, 0.3) is 0 Å². The Morgan fingerprint density at radius 3 is 2.28 bits per heavy atom. The molecule has 1 fully saturated rings. The number of nitrogens with two attached hydrogens (primary N) is 1. The van der Waals surface area contributed by atoms with Gasteiger partial charge in [-0.1, -0.05) is 73.6 Å². The van der Waals surface area contributed by atoms with Crippen LogP contribution in [0.2, 0.25) is 0 Å². The van der Waals surface area contributed by atoms with Crippen molar-refractivity contribution in [3.63, 3.8) is 0 Å². The fourth-order valence-corrected chi connectivity index (χ4v) is 4.88. The largest absolute Gasteiger partial charge is 0.481 e. The number of carbonyl (C=O) groups is 4. The number of esters is 1. The third-order valence-electron chi connectivity index (χ3n) is 7.31. The van der Waals surface area contributed by atoms with Gasteiger partial charge >= 0.3 is 18.0 Å². The second-order valence-electron chi connectivity index (χ2n) is 11.1. The van der Waals surface area contributed by atoms with Crippen molar-refractivity contribution in [2.24, 2.45) is 17.6 Å². The SMILES string of the molecule is CC/C=C/[C@@H](OC(N)=O)[C@@H](Cl)[C@H](O)CC(=O)[C@@H](O)[C@H](O)[C@H](C)/C(Cl)=C/C=C/C=C(C)/C=C/C=C/C(=O)O[C@@H]1C[C@@H](C(=O)O)CC[C@@H]1O. The van der Waals surface area contributed by atoms with Gasteiger partial charge in [0.05, 0.1) is 24.2 Å². The maximum atomic E-state index is 12.6. The van der Waals surface area contributed by atoms with Crippen molar-refractivity contribution in [2.75, 3.05) is 0 Å². The second kappa shape index (κ2) is 21.6. The zero-order chi connectivity index (χ0) is 35.7. The van der Waals surface area contributed by atoms with Crippen LogP contribution >= 0.6 is 23.2 Å². The molecule has 14 heteroatoms. The number of aliphatic hydroxyl groups is 4. The van der Waals surface area contributed by atoms with Crippen molar-refractivity contribution in [3.8, 4) is 0 Å². The molecule has 1 saturated carbocycles. The van der Waals surface area contributed by atoms with Crippen LogP contribution in [-0.4, -0.2) is 91.3 Å². The number of carboxylic acids is 1. The molecule has 1 aliphatic carbocycles. The fraction of sp³-hybridized carbons (Fsp3) is 0.515. The van der Waals surface area contributed by atoms with Gasteiger partial charge in [-0.05, 0) is 38.3 Å². The minimum Gasteiger partial charge on any atom is -0.481 e. The predicted molar refractivity (Wildman–Crippen MR) is 176 cm³/mol. The number of ether oxygens (including phenoxy) is 2. The number of hydrogen-bond acceptors (Lipinski definition) is 10. The summed E-state index contributed by atoms with van der Waals surface area (Å²) in [6.45, 7) is 5.12. The van der Waals surface area contributed by atoms with Gasteiger partial charge in [-0.3, -0.25) is 9.59 Å². The van der Waals surface area contributed by atoms with Gasteiger partial charge in [-0.25, -0.2) is 9.59 Å². The highest BCUT2D eigenvalue weighted by Gasteiger charge is 2.36. The van der Waals surface area contributed by atoms with E-state index in [0.717, 1.165) is 5.57 Å². The van der Waals surface area contributed by atoms with E-state index in [4.69, 9.17) is 43.5 Å². The molecule has 0 aromatic rings. The molecule has 0 aromatic heterocycles. The Hall–Kier alpha value is -3.26. The van der Waals surface area contributed by atoms with Crippen molar-refractivity contribution in [1.29, 1.82) is 0 Å². The number of Topliss-reactive ketones (excluding diaryl/α,β-unsaturated/α-hetero) is 1. The third kappa shape index (κ3) is 15.5. The lowest BCUT2D eigenvalue weighted by atomic mass is 9.85. The van der Waals surface area contributed by atoms with Gasteiger partial charge in [0, 0.05) is 29.9 Å². The van der Waals surface area contributed by atoms with Crippen LogP contribution in [0.15, 0.2) is 71.4 Å². The summed E-state index contributed by atoms with van der Waals surface area (Å²) in [5.74, 6) is -4.10. The smallest absolute Gasteiger partial charge is 0.405 e. The molecule has 0 aromatic carbocycles. The van der Waals surface area contributed by atoms with Gasteiger partial charge in [-0.15, -0.1) is 11.6 Å². The van der Waals surface area contributed by atoms with Gasteiger partial charge in [0.15, 0.2) is 5.78 Å². The van der Waals surface area contributed by atoms with E-state index in [1.807, 2.05) is 6.92 Å². The number of allylic oxidation sites excluding steroid dienone is 9. The van der Waals surface area contributed by atoms with Crippen LogP contribution < -0.4 is 5.73 Å². The van der Waals surface area contributed by atoms with E-state index < -0.39 is 84.1 Å². The Kier molecular flexibility index (Phi) is 19.2. The highest BCUT2D eigenvalue weighted by molar-refractivity contribution is 6.30. The van der Waals surface area contributed by atoms with Gasteiger partial charge in [-0.2, -0.15) is 0 Å². The minimum absolute atomic E-state index is 0.0584. The maximum Gasteiger partial charge on any atom is 0.405 e. The monoisotopic (exact) mass is 701 g/mol. The first-order chi connectivity index (χ1) is 22.1. The summed E-state index contributed by atoms with van der Waals surface area (Å²) in [4.78, 5) is 47.0. The molecule has 1 aliphatic rings. The summed E-state index contributed by atoms with van der Waals surface area (Å²) in [5.41, 5.74) is 5.83. The number of aliphatic carboxylic acids is 1. The molecule has 1 amide bonds. The first-order valence-electron chi connectivity index (χ1n) is 15.1. The van der Waals surface area contributed by atoms with Crippen LogP contribution in [0.3, 0.4) is 0 Å². The Labute approximate surface area is 284 Å². The zero-order valence-corrected chi connectivity index (χ0v) is 28.0. The first-order valence-corrected chi connectivity index (χ1v) is 15.9. The highest BCUT2D eigenvalue weighted by Crippen LogP contribution is 2.27. The molecule has 0 unspecified atom stereocenters. The standard InChI is InChI=1S/C33H45Cl2NO11/c1-4-5-13-26(47-33(36)45)29(35)24(38)18-25(39)31(42)30(41)20(3)22(34)12-8-6-10-19(2)11-7-9-14-28(40)46-27-17-21(32(43)44)15-16-23(27)37/h5-14,20-21,23-24,26-27,29-31,37-38,41-42H,4,15-18H2,1-3H3,(H2,36,45)(H,43,44)/b8-6+,11-7+,13-5+,14-9+,19-10+,22-12-/t20-,21+,23+,24-,26-,27-,29+,30-,31-/m1/s1. The number of rotatable bonds is 18. The summed E-state index contributed by atoms with van der Waals surface area (Å²) in [6.07, 6.45) is 6.95. The normalized spacial score (nSPS) is 23.5. The molecular formula is C33H45Cl2NO11. The van der Waals surface area contributed by atoms with Crippen molar-refractivity contribution in [3.05, 3.63) is 71.4 Å². The Morgan fingerprint density at radius 1 is 1.02 bits per heavy atom. The lowest BCUT2D eigenvalue weighted by molar-refractivity contribution is -0.159. The average molecular weight is 703 g/mol. The molecule has 0 heterocycles. The summed E-state index contributed by atoms with van der Waals surface area (Å²) < 4.78 is 10.1. The predicted octanol–water partition coefficient (Wildman–Crippen LogP) is 3.60. The Balaban J connectivity index is 2.66. The van der Waals surface area contributed by atoms with E-state index in [-0.39, 0.29) is 17.9 Å². The van der Waals surface area contributed by atoms with Gasteiger partial charge in [0.25, 0.3) is 0 Å². The van der Waals surface area contributed by atoms with E-state index in [9.17, 15) is 39.6 Å². The molecule has 0 aliphatic heterocycles. The van der Waals surface area contributed by atoms with E-state index in [1.54, 1.807) is 43.4 Å². The van der Waals surface area contributed by atoms with Gasteiger partial charge < -0.3 is 40.7 Å². The van der Waals surface area contributed by atoms with Crippen molar-refractivity contribution >= 4 is 47.0 Å². The Bertz CT molecular complexity index is 1240. The van der Waals surface area contributed by atoms with Crippen LogP contribution in [0, 0.1) is 11.8 Å². The summed E-state index contributed by atoms with van der Waals surface area (Å²) in [7, 11) is 0. The number of amides is 1. The molecular weight excluding hydrogens is 657 g/mol. The van der Waals surface area contributed by atoms with Crippen molar-refractivity contribution < 1.29 is 54.2 Å². The number of hydrogen-bond donors (Lipinski definition) is 6. The number of carboxylic acid groups (broad SMARTS) is 1. The molecule has 0 saturated heterocycles. The maximum absolute atomic E-state index is 12.6. The van der Waals surface area contributed by atoms with E-state index in [2.05, 4.69) is 0 Å². The number of alkyl halides is 1.